The summed E-state index contributed by atoms with van der Waals surface area (Å²) in [5, 5.41) is 3.97. The fraction of sp³-hybridized carbons (Fsp3) is 0.412. The van der Waals surface area contributed by atoms with Crippen LogP contribution in [-0.4, -0.2) is 65.7 Å². The Morgan fingerprint density at radius 3 is 2.90 bits per heavy atom. The number of ether oxygens (including phenoxy) is 1. The van der Waals surface area contributed by atoms with Crippen molar-refractivity contribution >= 4 is 17.1 Å². The summed E-state index contributed by atoms with van der Waals surface area (Å²) in [6, 6.07) is 2.68. The van der Waals surface area contributed by atoms with Crippen molar-refractivity contribution < 1.29 is 18.3 Å². The van der Waals surface area contributed by atoms with Crippen molar-refractivity contribution in [2.24, 2.45) is 7.05 Å². The van der Waals surface area contributed by atoms with E-state index in [2.05, 4.69) is 20.1 Å². The van der Waals surface area contributed by atoms with Crippen LogP contribution in [0.3, 0.4) is 0 Å². The summed E-state index contributed by atoms with van der Waals surface area (Å²) in [6.07, 6.45) is 0.180. The summed E-state index contributed by atoms with van der Waals surface area (Å²) in [6.45, 7) is 0.222. The van der Waals surface area contributed by atoms with Gasteiger partial charge in [0.05, 0.1) is 19.4 Å². The van der Waals surface area contributed by atoms with Gasteiger partial charge in [0.2, 0.25) is 5.88 Å². The maximum Gasteiger partial charge on any atom is 0.274 e. The first-order chi connectivity index (χ1) is 13.9. The molecule has 1 saturated heterocycles. The lowest BCUT2D eigenvalue weighted by atomic mass is 10.3. The average Bonchev–Trinajstić information content (AvgIpc) is 3.31. The molecule has 0 N–H and O–H groups in total. The fourth-order valence-corrected chi connectivity index (χ4v) is 3.17. The smallest absolute Gasteiger partial charge is 0.274 e. The van der Waals surface area contributed by atoms with Crippen LogP contribution >= 0.6 is 0 Å². The molecule has 1 amide bonds. The number of fused-ring (bicyclic) bond motifs is 1. The number of aromatic nitrogens is 6. The van der Waals surface area contributed by atoms with Crippen molar-refractivity contribution in [2.75, 3.05) is 13.1 Å². The molecule has 1 fully saturated rings. The van der Waals surface area contributed by atoms with Gasteiger partial charge in [0, 0.05) is 26.1 Å². The van der Waals surface area contributed by atoms with Gasteiger partial charge >= 0.3 is 0 Å². The highest BCUT2D eigenvalue weighted by Crippen LogP contribution is 2.24. The molecule has 1 unspecified atom stereocenters. The van der Waals surface area contributed by atoms with E-state index in [0.717, 1.165) is 4.68 Å². The second kappa shape index (κ2) is 7.53. The third kappa shape index (κ3) is 3.77. The van der Waals surface area contributed by atoms with Crippen LogP contribution in [0.4, 0.5) is 8.78 Å². The number of carbonyl (C=O) groups is 1. The van der Waals surface area contributed by atoms with Crippen molar-refractivity contribution in [3.05, 3.63) is 40.8 Å². The van der Waals surface area contributed by atoms with Gasteiger partial charge in [0.15, 0.2) is 11.2 Å². The molecule has 0 spiro atoms. The van der Waals surface area contributed by atoms with E-state index < -0.39 is 13.0 Å². The maximum atomic E-state index is 12.7. The van der Waals surface area contributed by atoms with Crippen LogP contribution in [-0.2, 0) is 13.6 Å². The number of aryl methyl sites for hydroxylation is 1. The predicted octanol–water partition coefficient (Wildman–Crippen LogP) is 0.479. The number of imidazole rings is 1. The zero-order chi connectivity index (χ0) is 20.5. The first-order valence-corrected chi connectivity index (χ1v) is 8.86. The Bertz CT molecular complexity index is 1110. The van der Waals surface area contributed by atoms with Gasteiger partial charge in [-0.2, -0.15) is 10.1 Å². The van der Waals surface area contributed by atoms with E-state index in [-0.39, 0.29) is 40.3 Å². The highest BCUT2D eigenvalue weighted by atomic mass is 19.3. The number of alkyl halides is 2. The number of carbonyl (C=O) groups excluding carboxylic acids is 1. The molecule has 29 heavy (non-hydrogen) atoms. The Morgan fingerprint density at radius 2 is 2.14 bits per heavy atom. The monoisotopic (exact) mass is 405 g/mol. The molecule has 4 rings (SSSR count). The van der Waals surface area contributed by atoms with Gasteiger partial charge in [-0.05, 0) is 6.07 Å². The van der Waals surface area contributed by atoms with Crippen molar-refractivity contribution in [1.29, 1.82) is 0 Å². The molecule has 0 aliphatic carbocycles. The topological polar surface area (TPSA) is 108 Å². The molecule has 0 radical (unpaired) electrons. The Morgan fingerprint density at radius 1 is 1.31 bits per heavy atom. The number of hydrogen-bond acceptors (Lipinski definition) is 7. The summed E-state index contributed by atoms with van der Waals surface area (Å²) >= 11 is 0. The van der Waals surface area contributed by atoms with E-state index in [4.69, 9.17) is 4.74 Å². The van der Waals surface area contributed by atoms with E-state index in [0.29, 0.717) is 19.5 Å². The van der Waals surface area contributed by atoms with Gasteiger partial charge < -0.3 is 14.2 Å². The predicted molar refractivity (Wildman–Crippen MR) is 95.7 cm³/mol. The molecular weight excluding hydrogens is 388 g/mol. The Kier molecular flexibility index (Phi) is 4.91. The number of nitrogens with zero attached hydrogens (tertiary/aromatic N) is 7. The zero-order valence-corrected chi connectivity index (χ0v) is 15.4. The van der Waals surface area contributed by atoms with Crippen molar-refractivity contribution in [3.8, 4) is 5.88 Å². The van der Waals surface area contributed by atoms with Crippen molar-refractivity contribution in [1.82, 2.24) is 34.2 Å². The molecule has 12 heteroatoms. The molecule has 0 saturated carbocycles. The molecule has 3 aromatic rings. The van der Waals surface area contributed by atoms with Gasteiger partial charge in [-0.1, -0.05) is 0 Å². The number of halogens is 2. The lowest BCUT2D eigenvalue weighted by molar-refractivity contribution is 0.0763. The van der Waals surface area contributed by atoms with Gasteiger partial charge in [-0.3, -0.25) is 9.59 Å². The number of likely N-dealkylation sites (tertiary alicyclic amines) is 1. The minimum absolute atomic E-state index is 0.169. The normalized spacial score (nSPS) is 16.7. The summed E-state index contributed by atoms with van der Waals surface area (Å²) < 4.78 is 33.6. The van der Waals surface area contributed by atoms with Crippen LogP contribution in [0.25, 0.3) is 11.2 Å². The summed E-state index contributed by atoms with van der Waals surface area (Å²) in [4.78, 5) is 37.8. The molecule has 10 nitrogen and oxygen atoms in total. The Labute approximate surface area is 162 Å². The van der Waals surface area contributed by atoms with E-state index in [1.807, 2.05) is 0 Å². The lowest BCUT2D eigenvalue weighted by Gasteiger charge is -2.16. The second-order valence-corrected chi connectivity index (χ2v) is 6.60. The highest BCUT2D eigenvalue weighted by Gasteiger charge is 2.30. The summed E-state index contributed by atoms with van der Waals surface area (Å²) in [7, 11) is 1.47. The van der Waals surface area contributed by atoms with Crippen LogP contribution in [0.2, 0.25) is 0 Å². The lowest BCUT2D eigenvalue weighted by Crippen LogP contribution is -2.33. The number of amides is 1. The quantitative estimate of drug-likeness (QED) is 0.607. The second-order valence-electron chi connectivity index (χ2n) is 6.60. The first kappa shape index (κ1) is 18.9. The van der Waals surface area contributed by atoms with Crippen LogP contribution in [0.1, 0.15) is 16.9 Å². The first-order valence-electron chi connectivity index (χ1n) is 8.86. The SMILES string of the molecule is Cn1nc(C(=O)N2CCC(Oc3ncnc4c3ncn4CC(F)F)C2)ccc1=O. The fourth-order valence-electron chi connectivity index (χ4n) is 3.17. The number of rotatable bonds is 5. The van der Waals surface area contributed by atoms with E-state index in [1.165, 1.54) is 36.4 Å². The van der Waals surface area contributed by atoms with Gasteiger partial charge in [0.25, 0.3) is 17.9 Å². The minimum atomic E-state index is -2.53. The van der Waals surface area contributed by atoms with Crippen LogP contribution < -0.4 is 10.3 Å². The van der Waals surface area contributed by atoms with Gasteiger partial charge in [-0.15, -0.1) is 0 Å². The van der Waals surface area contributed by atoms with Gasteiger partial charge in [0.1, 0.15) is 18.1 Å². The largest absolute Gasteiger partial charge is 0.471 e. The molecule has 0 bridgehead atoms. The maximum absolute atomic E-state index is 12.7. The molecule has 1 aliphatic heterocycles. The molecule has 1 aliphatic rings. The van der Waals surface area contributed by atoms with Crippen molar-refractivity contribution in [3.63, 3.8) is 0 Å². The minimum Gasteiger partial charge on any atom is -0.471 e. The van der Waals surface area contributed by atoms with Crippen LogP contribution in [0.5, 0.6) is 5.88 Å². The van der Waals surface area contributed by atoms with E-state index in [1.54, 1.807) is 4.90 Å². The molecule has 3 aromatic heterocycles. The molecule has 1 atom stereocenters. The highest BCUT2D eigenvalue weighted by molar-refractivity contribution is 5.92. The average molecular weight is 405 g/mol. The van der Waals surface area contributed by atoms with Gasteiger partial charge in [-0.25, -0.2) is 23.4 Å². The summed E-state index contributed by atoms with van der Waals surface area (Å²) in [5.41, 5.74) is 0.416. The molecular formula is C17H17F2N7O3. The van der Waals surface area contributed by atoms with E-state index in [9.17, 15) is 18.4 Å². The zero-order valence-electron chi connectivity index (χ0n) is 15.4. The molecule has 4 heterocycles. The summed E-state index contributed by atoms with van der Waals surface area (Å²) in [5.74, 6) is -0.122. The van der Waals surface area contributed by atoms with Crippen LogP contribution in [0, 0.1) is 0 Å². The van der Waals surface area contributed by atoms with Crippen molar-refractivity contribution in [2.45, 2.75) is 25.5 Å². The standard InChI is InChI=1S/C17H17F2N7O3/c1-24-13(27)3-2-11(23-24)17(28)25-5-4-10(6-25)29-16-14-15(20-8-21-16)26(9-22-14)7-12(18)19/h2-3,8-10,12H,4-7H2,1H3. The third-order valence-electron chi connectivity index (χ3n) is 4.59. The molecule has 152 valence electrons. The Balaban J connectivity index is 1.47. The third-order valence-corrected chi connectivity index (χ3v) is 4.59. The number of hydrogen-bond donors (Lipinski definition) is 0. The Hall–Kier alpha value is -3.44. The van der Waals surface area contributed by atoms with Crippen LogP contribution in [0.15, 0.2) is 29.6 Å². The van der Waals surface area contributed by atoms with E-state index >= 15 is 0 Å². The molecule has 0 aromatic carbocycles.